The minimum absolute atomic E-state index is 0.0256. The molecule has 1 aliphatic carbocycles. The fourth-order valence-corrected chi connectivity index (χ4v) is 2.04. The van der Waals surface area contributed by atoms with Gasteiger partial charge in [-0.15, -0.1) is 0 Å². The smallest absolute Gasteiger partial charge is 0.307 e. The second kappa shape index (κ2) is 4.84. The first-order valence-corrected chi connectivity index (χ1v) is 6.06. The molecule has 0 aromatic carbocycles. The van der Waals surface area contributed by atoms with E-state index in [9.17, 15) is 9.59 Å². The van der Waals surface area contributed by atoms with E-state index in [0.717, 1.165) is 0 Å². The van der Waals surface area contributed by atoms with Crippen molar-refractivity contribution in [3.8, 4) is 0 Å². The van der Waals surface area contributed by atoms with Gasteiger partial charge < -0.3 is 14.4 Å². The van der Waals surface area contributed by atoms with E-state index in [4.69, 9.17) is 9.52 Å². The average molecular weight is 251 g/mol. The fourth-order valence-electron chi connectivity index (χ4n) is 2.04. The highest BCUT2D eigenvalue weighted by Crippen LogP contribution is 2.40. The zero-order chi connectivity index (χ0) is 13.3. The molecule has 0 radical (unpaired) electrons. The number of rotatable bonds is 5. The molecule has 0 saturated heterocycles. The van der Waals surface area contributed by atoms with Crippen molar-refractivity contribution in [3.63, 3.8) is 0 Å². The van der Waals surface area contributed by atoms with Gasteiger partial charge >= 0.3 is 5.97 Å². The van der Waals surface area contributed by atoms with Crippen LogP contribution >= 0.6 is 0 Å². The summed E-state index contributed by atoms with van der Waals surface area (Å²) < 4.78 is 5.23. The maximum absolute atomic E-state index is 12.2. The summed E-state index contributed by atoms with van der Waals surface area (Å²) in [5.74, 6) is -1.12. The third-order valence-electron chi connectivity index (χ3n) is 3.24. The van der Waals surface area contributed by atoms with E-state index in [2.05, 4.69) is 0 Å². The largest absolute Gasteiger partial charge is 0.481 e. The van der Waals surface area contributed by atoms with Gasteiger partial charge in [-0.3, -0.25) is 9.59 Å². The third-order valence-corrected chi connectivity index (χ3v) is 3.24. The van der Waals surface area contributed by atoms with E-state index in [1.54, 1.807) is 17.2 Å². The highest BCUT2D eigenvalue weighted by atomic mass is 16.4. The van der Waals surface area contributed by atoms with Crippen LogP contribution in [0.3, 0.4) is 0 Å². The van der Waals surface area contributed by atoms with Crippen molar-refractivity contribution >= 4 is 11.9 Å². The van der Waals surface area contributed by atoms with Crippen molar-refractivity contribution in [1.29, 1.82) is 0 Å². The van der Waals surface area contributed by atoms with Gasteiger partial charge in [-0.1, -0.05) is 0 Å². The topological polar surface area (TPSA) is 70.8 Å². The van der Waals surface area contributed by atoms with Crippen molar-refractivity contribution in [2.24, 2.45) is 11.8 Å². The van der Waals surface area contributed by atoms with Crippen LogP contribution in [-0.2, 0) is 16.1 Å². The van der Waals surface area contributed by atoms with Gasteiger partial charge in [-0.05, 0) is 32.4 Å². The molecule has 0 bridgehead atoms. The van der Waals surface area contributed by atoms with Crippen LogP contribution < -0.4 is 0 Å². The quantitative estimate of drug-likeness (QED) is 0.865. The molecule has 2 unspecified atom stereocenters. The molecule has 0 spiro atoms. The molecule has 1 saturated carbocycles. The molecular formula is C13H17NO4. The number of aliphatic carboxylic acids is 1. The van der Waals surface area contributed by atoms with Crippen molar-refractivity contribution < 1.29 is 19.1 Å². The first kappa shape index (κ1) is 12.7. The Kier molecular flexibility index (Phi) is 3.41. The van der Waals surface area contributed by atoms with Crippen LogP contribution in [0.4, 0.5) is 0 Å². The number of amides is 1. The Bertz CT molecular complexity index is 438. The number of carbonyl (C=O) groups is 2. The Labute approximate surface area is 105 Å². The van der Waals surface area contributed by atoms with Gasteiger partial charge in [-0.2, -0.15) is 0 Å². The van der Waals surface area contributed by atoms with Crippen molar-refractivity contribution in [1.82, 2.24) is 4.90 Å². The lowest BCUT2D eigenvalue weighted by Gasteiger charge is -2.26. The maximum atomic E-state index is 12.2. The summed E-state index contributed by atoms with van der Waals surface area (Å²) in [5, 5.41) is 8.86. The number of hydrogen-bond acceptors (Lipinski definition) is 3. The van der Waals surface area contributed by atoms with Crippen molar-refractivity contribution in [3.05, 3.63) is 24.2 Å². The molecular weight excluding hydrogens is 234 g/mol. The van der Waals surface area contributed by atoms with E-state index >= 15 is 0 Å². The second-order valence-corrected chi connectivity index (χ2v) is 4.93. The molecule has 2 atom stereocenters. The normalized spacial score (nSPS) is 21.9. The summed E-state index contributed by atoms with van der Waals surface area (Å²) in [6.45, 7) is 4.23. The maximum Gasteiger partial charge on any atom is 0.307 e. The molecule has 1 aromatic heterocycles. The summed E-state index contributed by atoms with van der Waals surface area (Å²) in [6.07, 6.45) is 2.02. The van der Waals surface area contributed by atoms with E-state index < -0.39 is 11.9 Å². The van der Waals surface area contributed by atoms with E-state index in [0.29, 0.717) is 18.7 Å². The number of carbonyl (C=O) groups excluding carboxylic acids is 1. The van der Waals surface area contributed by atoms with Crippen LogP contribution in [0.2, 0.25) is 0 Å². The van der Waals surface area contributed by atoms with Crippen LogP contribution in [-0.4, -0.2) is 27.9 Å². The summed E-state index contributed by atoms with van der Waals surface area (Å²) in [4.78, 5) is 24.7. The lowest BCUT2D eigenvalue weighted by atomic mass is 10.2. The summed E-state index contributed by atoms with van der Waals surface area (Å²) >= 11 is 0. The molecule has 1 aromatic rings. The van der Waals surface area contributed by atoms with E-state index in [1.165, 1.54) is 0 Å². The molecule has 1 N–H and O–H groups in total. The molecule has 1 fully saturated rings. The van der Waals surface area contributed by atoms with Crippen LogP contribution in [0.5, 0.6) is 0 Å². The number of hydrogen-bond donors (Lipinski definition) is 1. The molecule has 2 rings (SSSR count). The lowest BCUT2D eigenvalue weighted by Crippen LogP contribution is -2.38. The zero-order valence-corrected chi connectivity index (χ0v) is 10.5. The Morgan fingerprint density at radius 2 is 2.22 bits per heavy atom. The monoisotopic (exact) mass is 251 g/mol. The van der Waals surface area contributed by atoms with Crippen LogP contribution in [0.15, 0.2) is 22.8 Å². The van der Waals surface area contributed by atoms with Gasteiger partial charge in [0.1, 0.15) is 5.76 Å². The standard InChI is InChI=1S/C13H17NO4/c1-8(2)14(7-9-4-3-5-18-9)12(15)10-6-11(10)13(16)17/h3-5,8,10-11H,6-7H2,1-2H3,(H,16,17). The van der Waals surface area contributed by atoms with E-state index in [-0.39, 0.29) is 17.9 Å². The molecule has 5 heteroatoms. The molecule has 0 aliphatic heterocycles. The minimum Gasteiger partial charge on any atom is -0.481 e. The SMILES string of the molecule is CC(C)N(Cc1ccco1)C(=O)C1CC1C(=O)O. The summed E-state index contributed by atoms with van der Waals surface area (Å²) in [6, 6.07) is 3.61. The molecule has 1 amide bonds. The number of nitrogens with zero attached hydrogens (tertiary/aromatic N) is 1. The molecule has 1 aliphatic rings. The second-order valence-electron chi connectivity index (χ2n) is 4.93. The molecule has 18 heavy (non-hydrogen) atoms. The minimum atomic E-state index is -0.880. The van der Waals surface area contributed by atoms with Gasteiger partial charge in [0.05, 0.1) is 24.6 Å². The summed E-state index contributed by atoms with van der Waals surface area (Å²) in [5.41, 5.74) is 0. The average Bonchev–Trinajstić information content (AvgIpc) is 2.95. The van der Waals surface area contributed by atoms with Gasteiger partial charge in [-0.25, -0.2) is 0 Å². The number of carboxylic acid groups (broad SMARTS) is 1. The highest BCUT2D eigenvalue weighted by molar-refractivity contribution is 5.89. The van der Waals surface area contributed by atoms with Crippen molar-refractivity contribution in [2.45, 2.75) is 32.9 Å². The Balaban J connectivity index is 2.02. The van der Waals surface area contributed by atoms with Crippen molar-refractivity contribution in [2.75, 3.05) is 0 Å². The first-order valence-electron chi connectivity index (χ1n) is 6.06. The molecule has 5 nitrogen and oxygen atoms in total. The first-order chi connectivity index (χ1) is 8.50. The zero-order valence-electron chi connectivity index (χ0n) is 10.5. The number of carboxylic acids is 1. The predicted molar refractivity (Wildman–Crippen MR) is 63.6 cm³/mol. The fraction of sp³-hybridized carbons (Fsp3) is 0.538. The molecule has 98 valence electrons. The third kappa shape index (κ3) is 2.55. The van der Waals surface area contributed by atoms with Gasteiger partial charge in [0.25, 0.3) is 0 Å². The van der Waals surface area contributed by atoms with Gasteiger partial charge in [0, 0.05) is 6.04 Å². The Hall–Kier alpha value is -1.78. The van der Waals surface area contributed by atoms with Gasteiger partial charge in [0.2, 0.25) is 5.91 Å². The summed E-state index contributed by atoms with van der Waals surface area (Å²) in [7, 11) is 0. The Morgan fingerprint density at radius 1 is 1.50 bits per heavy atom. The van der Waals surface area contributed by atoms with Crippen LogP contribution in [0.25, 0.3) is 0 Å². The molecule has 1 heterocycles. The van der Waals surface area contributed by atoms with Gasteiger partial charge in [0.15, 0.2) is 0 Å². The number of furan rings is 1. The highest BCUT2D eigenvalue weighted by Gasteiger charge is 2.50. The van der Waals surface area contributed by atoms with Crippen LogP contribution in [0, 0.1) is 11.8 Å². The van der Waals surface area contributed by atoms with E-state index in [1.807, 2.05) is 19.9 Å². The van der Waals surface area contributed by atoms with Crippen LogP contribution in [0.1, 0.15) is 26.0 Å². The lowest BCUT2D eigenvalue weighted by molar-refractivity contribution is -0.142. The predicted octanol–water partition coefficient (Wildman–Crippen LogP) is 1.74. The Morgan fingerprint density at radius 3 is 2.67 bits per heavy atom.